The lowest BCUT2D eigenvalue weighted by atomic mass is 9.97. The van der Waals surface area contributed by atoms with Gasteiger partial charge in [-0.05, 0) is 38.3 Å². The van der Waals surface area contributed by atoms with Crippen molar-refractivity contribution in [1.29, 1.82) is 0 Å². The molecule has 0 aromatic heterocycles. The zero-order valence-electron chi connectivity index (χ0n) is 12.4. The van der Waals surface area contributed by atoms with Crippen LogP contribution in [0.1, 0.15) is 35.7 Å². The number of amides is 1. The van der Waals surface area contributed by atoms with Crippen LogP contribution in [0.5, 0.6) is 0 Å². The van der Waals surface area contributed by atoms with Crippen LogP contribution in [-0.2, 0) is 9.53 Å². The summed E-state index contributed by atoms with van der Waals surface area (Å²) in [6.07, 6.45) is 1.43. The molecule has 1 amide bonds. The largest absolute Gasteiger partial charge is 0.466 e. The lowest BCUT2D eigenvalue weighted by molar-refractivity contribution is -0.149. The Morgan fingerprint density at radius 1 is 1.43 bits per heavy atom. The van der Waals surface area contributed by atoms with Gasteiger partial charge in [0, 0.05) is 13.1 Å². The number of hydrogen-bond donors (Lipinski definition) is 0. The molecular formula is C16H20FNO3. The van der Waals surface area contributed by atoms with Crippen molar-refractivity contribution in [1.82, 2.24) is 4.90 Å². The molecule has 0 spiro atoms. The van der Waals surface area contributed by atoms with Gasteiger partial charge >= 0.3 is 5.97 Å². The molecule has 1 heterocycles. The number of carbonyl (C=O) groups excluding carboxylic acids is 2. The highest BCUT2D eigenvalue weighted by Gasteiger charge is 2.30. The van der Waals surface area contributed by atoms with Crippen LogP contribution < -0.4 is 0 Å². The van der Waals surface area contributed by atoms with E-state index in [1.54, 1.807) is 30.9 Å². The Kier molecular flexibility index (Phi) is 4.94. The van der Waals surface area contributed by atoms with Gasteiger partial charge in [0.15, 0.2) is 0 Å². The van der Waals surface area contributed by atoms with Crippen molar-refractivity contribution in [3.05, 3.63) is 35.1 Å². The summed E-state index contributed by atoms with van der Waals surface area (Å²) in [7, 11) is 0. The molecule has 1 fully saturated rings. The zero-order chi connectivity index (χ0) is 15.4. The van der Waals surface area contributed by atoms with Crippen molar-refractivity contribution in [2.75, 3.05) is 19.7 Å². The molecule has 1 aliphatic rings. The van der Waals surface area contributed by atoms with E-state index >= 15 is 0 Å². The molecule has 0 unspecified atom stereocenters. The monoisotopic (exact) mass is 293 g/mol. The minimum Gasteiger partial charge on any atom is -0.466 e. The van der Waals surface area contributed by atoms with E-state index in [-0.39, 0.29) is 23.4 Å². The van der Waals surface area contributed by atoms with Gasteiger partial charge in [0.2, 0.25) is 0 Å². The third-order valence-corrected chi connectivity index (χ3v) is 3.75. The first-order chi connectivity index (χ1) is 10.0. The third-order valence-electron chi connectivity index (χ3n) is 3.75. The maximum absolute atomic E-state index is 14.0. The molecule has 0 radical (unpaired) electrons. The molecule has 4 nitrogen and oxygen atoms in total. The number of halogens is 1. The smallest absolute Gasteiger partial charge is 0.310 e. The van der Waals surface area contributed by atoms with Crippen LogP contribution >= 0.6 is 0 Å². The zero-order valence-corrected chi connectivity index (χ0v) is 12.4. The maximum atomic E-state index is 14.0. The first-order valence-corrected chi connectivity index (χ1v) is 7.25. The average molecular weight is 293 g/mol. The summed E-state index contributed by atoms with van der Waals surface area (Å²) in [6.45, 7) is 4.55. The highest BCUT2D eigenvalue weighted by molar-refractivity contribution is 5.95. The highest BCUT2D eigenvalue weighted by atomic mass is 19.1. The molecule has 1 aromatic carbocycles. The highest BCUT2D eigenvalue weighted by Crippen LogP contribution is 2.21. The molecule has 0 saturated carbocycles. The van der Waals surface area contributed by atoms with Gasteiger partial charge < -0.3 is 9.64 Å². The summed E-state index contributed by atoms with van der Waals surface area (Å²) in [4.78, 5) is 25.8. The number of piperidine rings is 1. The van der Waals surface area contributed by atoms with Crippen LogP contribution in [-0.4, -0.2) is 36.5 Å². The van der Waals surface area contributed by atoms with Crippen LogP contribution in [0.2, 0.25) is 0 Å². The Morgan fingerprint density at radius 2 is 2.19 bits per heavy atom. The van der Waals surface area contributed by atoms with Gasteiger partial charge in [-0.25, -0.2) is 4.39 Å². The summed E-state index contributed by atoms with van der Waals surface area (Å²) in [5, 5.41) is 0. The topological polar surface area (TPSA) is 46.6 Å². The second kappa shape index (κ2) is 6.70. The first-order valence-electron chi connectivity index (χ1n) is 7.25. The van der Waals surface area contributed by atoms with Crippen molar-refractivity contribution < 1.29 is 18.7 Å². The van der Waals surface area contributed by atoms with E-state index in [2.05, 4.69) is 0 Å². The quantitative estimate of drug-likeness (QED) is 0.805. The molecule has 0 aliphatic carbocycles. The fourth-order valence-electron chi connectivity index (χ4n) is 2.60. The number of aryl methyl sites for hydroxylation is 1. The Morgan fingerprint density at radius 3 is 2.90 bits per heavy atom. The Balaban J connectivity index is 2.12. The molecule has 0 bridgehead atoms. The minimum absolute atomic E-state index is 0.0690. The van der Waals surface area contributed by atoms with Crippen molar-refractivity contribution in [3.63, 3.8) is 0 Å². The van der Waals surface area contributed by atoms with Crippen molar-refractivity contribution in [2.45, 2.75) is 26.7 Å². The van der Waals surface area contributed by atoms with E-state index in [4.69, 9.17) is 4.74 Å². The SMILES string of the molecule is CCOC(=O)[C@H]1CCCN(C(=O)c2cccc(C)c2F)C1. The molecule has 1 aliphatic heterocycles. The predicted molar refractivity (Wildman–Crippen MR) is 76.4 cm³/mol. The number of carbonyl (C=O) groups is 2. The molecule has 1 aromatic rings. The number of nitrogens with zero attached hydrogens (tertiary/aromatic N) is 1. The Hall–Kier alpha value is -1.91. The lowest BCUT2D eigenvalue weighted by Gasteiger charge is -2.31. The molecule has 1 saturated heterocycles. The van der Waals surface area contributed by atoms with Crippen molar-refractivity contribution in [3.8, 4) is 0 Å². The van der Waals surface area contributed by atoms with Gasteiger partial charge in [0.1, 0.15) is 5.82 Å². The molecule has 1 atom stereocenters. The van der Waals surface area contributed by atoms with E-state index in [1.807, 2.05) is 0 Å². The summed E-state index contributed by atoms with van der Waals surface area (Å²) in [6, 6.07) is 4.78. The van der Waals surface area contributed by atoms with E-state index in [9.17, 15) is 14.0 Å². The van der Waals surface area contributed by atoms with Gasteiger partial charge in [-0.2, -0.15) is 0 Å². The minimum atomic E-state index is -0.485. The number of likely N-dealkylation sites (tertiary alicyclic amines) is 1. The number of benzene rings is 1. The van der Waals surface area contributed by atoms with Crippen LogP contribution in [0.25, 0.3) is 0 Å². The molecule has 0 N–H and O–H groups in total. The summed E-state index contributed by atoms with van der Waals surface area (Å²) >= 11 is 0. The van der Waals surface area contributed by atoms with Crippen molar-refractivity contribution >= 4 is 11.9 Å². The average Bonchev–Trinajstić information content (AvgIpc) is 2.50. The van der Waals surface area contributed by atoms with Gasteiger partial charge in [0.25, 0.3) is 5.91 Å². The number of hydrogen-bond acceptors (Lipinski definition) is 3. The fourth-order valence-corrected chi connectivity index (χ4v) is 2.60. The second-order valence-electron chi connectivity index (χ2n) is 5.28. The lowest BCUT2D eigenvalue weighted by Crippen LogP contribution is -2.43. The molecular weight excluding hydrogens is 273 g/mol. The summed E-state index contributed by atoms with van der Waals surface area (Å²) in [5.74, 6) is -1.43. The van der Waals surface area contributed by atoms with E-state index in [0.717, 1.165) is 6.42 Å². The number of rotatable bonds is 3. The first kappa shape index (κ1) is 15.5. The summed E-state index contributed by atoms with van der Waals surface area (Å²) < 4.78 is 19.1. The Labute approximate surface area is 123 Å². The number of ether oxygens (including phenoxy) is 1. The van der Waals surface area contributed by atoms with Gasteiger partial charge in [-0.1, -0.05) is 12.1 Å². The summed E-state index contributed by atoms with van der Waals surface area (Å²) in [5.41, 5.74) is 0.513. The molecule has 2 rings (SSSR count). The number of esters is 1. The van der Waals surface area contributed by atoms with Crippen LogP contribution in [0.4, 0.5) is 4.39 Å². The van der Waals surface area contributed by atoms with Crippen LogP contribution in [0.15, 0.2) is 18.2 Å². The standard InChI is InChI=1S/C16H20FNO3/c1-3-21-16(20)12-7-5-9-18(10-12)15(19)13-8-4-6-11(2)14(13)17/h4,6,8,12H,3,5,7,9-10H2,1-2H3/t12-/m0/s1. The second-order valence-corrected chi connectivity index (χ2v) is 5.28. The fraction of sp³-hybridized carbons (Fsp3) is 0.500. The van der Waals surface area contributed by atoms with E-state index in [0.29, 0.717) is 31.7 Å². The molecule has 114 valence electrons. The van der Waals surface area contributed by atoms with Crippen LogP contribution in [0.3, 0.4) is 0 Å². The van der Waals surface area contributed by atoms with E-state index < -0.39 is 5.82 Å². The van der Waals surface area contributed by atoms with E-state index in [1.165, 1.54) is 6.07 Å². The maximum Gasteiger partial charge on any atom is 0.310 e. The molecule has 5 heteroatoms. The molecule has 21 heavy (non-hydrogen) atoms. The van der Waals surface area contributed by atoms with Gasteiger partial charge in [-0.15, -0.1) is 0 Å². The van der Waals surface area contributed by atoms with Gasteiger partial charge in [0.05, 0.1) is 18.1 Å². The third kappa shape index (κ3) is 3.40. The van der Waals surface area contributed by atoms with Gasteiger partial charge in [-0.3, -0.25) is 9.59 Å². The normalized spacial score (nSPS) is 18.4. The Bertz CT molecular complexity index is 544. The predicted octanol–water partition coefficient (Wildman–Crippen LogP) is 2.55. The van der Waals surface area contributed by atoms with Crippen LogP contribution in [0, 0.1) is 18.7 Å². The van der Waals surface area contributed by atoms with Crippen molar-refractivity contribution in [2.24, 2.45) is 5.92 Å².